The van der Waals surface area contributed by atoms with Gasteiger partial charge in [-0.3, -0.25) is 4.98 Å². The first-order valence-corrected chi connectivity index (χ1v) is 6.38. The van der Waals surface area contributed by atoms with Crippen LogP contribution < -0.4 is 5.32 Å². The van der Waals surface area contributed by atoms with Gasteiger partial charge < -0.3 is 5.32 Å². The molecular formula is C14H24N2. The van der Waals surface area contributed by atoms with Gasteiger partial charge in [0.1, 0.15) is 0 Å². The van der Waals surface area contributed by atoms with E-state index in [0.717, 1.165) is 12.5 Å². The number of rotatable bonds is 7. The van der Waals surface area contributed by atoms with E-state index in [0.29, 0.717) is 6.04 Å². The Balaban J connectivity index is 2.34. The van der Waals surface area contributed by atoms with Gasteiger partial charge in [0, 0.05) is 25.0 Å². The zero-order valence-corrected chi connectivity index (χ0v) is 10.7. The Labute approximate surface area is 99.5 Å². The van der Waals surface area contributed by atoms with Gasteiger partial charge in [-0.25, -0.2) is 0 Å². The maximum Gasteiger partial charge on any atom is 0.0271 e. The van der Waals surface area contributed by atoms with Crippen LogP contribution in [0.1, 0.15) is 45.6 Å². The minimum Gasteiger partial charge on any atom is -0.310 e. The highest BCUT2D eigenvalue weighted by Gasteiger charge is 2.09. The predicted molar refractivity (Wildman–Crippen MR) is 69.2 cm³/mol. The van der Waals surface area contributed by atoms with Gasteiger partial charge in [-0.05, 0) is 36.5 Å². The molecule has 1 rings (SSSR count). The highest BCUT2D eigenvalue weighted by Crippen LogP contribution is 2.12. The van der Waals surface area contributed by atoms with Crippen LogP contribution in [-0.2, 0) is 6.54 Å². The molecule has 1 aromatic rings. The van der Waals surface area contributed by atoms with E-state index in [1.54, 1.807) is 0 Å². The van der Waals surface area contributed by atoms with Crippen molar-refractivity contribution in [3.8, 4) is 0 Å². The molecule has 2 unspecified atom stereocenters. The van der Waals surface area contributed by atoms with Crippen LogP contribution in [-0.4, -0.2) is 11.0 Å². The first-order chi connectivity index (χ1) is 7.76. The lowest BCUT2D eigenvalue weighted by Crippen LogP contribution is -2.29. The van der Waals surface area contributed by atoms with E-state index in [9.17, 15) is 0 Å². The fourth-order valence-electron chi connectivity index (χ4n) is 1.81. The molecule has 0 bridgehead atoms. The minimum absolute atomic E-state index is 0.642. The molecule has 1 N–H and O–H groups in total. The molecule has 1 aromatic heterocycles. The summed E-state index contributed by atoms with van der Waals surface area (Å²) in [4.78, 5) is 4.03. The lowest BCUT2D eigenvalue weighted by Gasteiger charge is -2.20. The van der Waals surface area contributed by atoms with Crippen molar-refractivity contribution in [2.24, 2.45) is 5.92 Å². The molecule has 0 amide bonds. The number of hydrogen-bond acceptors (Lipinski definition) is 2. The maximum absolute atomic E-state index is 4.03. The molecule has 90 valence electrons. The maximum atomic E-state index is 4.03. The summed E-state index contributed by atoms with van der Waals surface area (Å²) in [6.07, 6.45) is 7.46. The Bertz CT molecular complexity index is 271. The molecule has 2 nitrogen and oxygen atoms in total. The van der Waals surface area contributed by atoms with E-state index in [1.807, 2.05) is 12.4 Å². The predicted octanol–water partition coefficient (Wildman–Crippen LogP) is 3.39. The first kappa shape index (κ1) is 13.2. The zero-order chi connectivity index (χ0) is 11.8. The third-order valence-electron chi connectivity index (χ3n) is 3.22. The molecule has 0 fully saturated rings. The molecule has 0 aliphatic heterocycles. The van der Waals surface area contributed by atoms with Gasteiger partial charge in [0.05, 0.1) is 0 Å². The third-order valence-corrected chi connectivity index (χ3v) is 3.22. The van der Waals surface area contributed by atoms with Crippen LogP contribution in [0, 0.1) is 5.92 Å². The first-order valence-electron chi connectivity index (χ1n) is 6.38. The highest BCUT2D eigenvalue weighted by atomic mass is 14.9. The van der Waals surface area contributed by atoms with Gasteiger partial charge >= 0.3 is 0 Å². The van der Waals surface area contributed by atoms with E-state index >= 15 is 0 Å². The van der Waals surface area contributed by atoms with Gasteiger partial charge in [-0.15, -0.1) is 0 Å². The van der Waals surface area contributed by atoms with Crippen molar-refractivity contribution in [1.82, 2.24) is 10.3 Å². The fourth-order valence-corrected chi connectivity index (χ4v) is 1.81. The van der Waals surface area contributed by atoms with E-state index in [1.165, 1.54) is 24.8 Å². The summed E-state index contributed by atoms with van der Waals surface area (Å²) in [6, 6.07) is 4.79. The fraction of sp³-hybridized carbons (Fsp3) is 0.643. The number of nitrogens with one attached hydrogen (secondary N) is 1. The highest BCUT2D eigenvalue weighted by molar-refractivity contribution is 5.09. The molecule has 0 aromatic carbocycles. The van der Waals surface area contributed by atoms with Crippen molar-refractivity contribution < 1.29 is 0 Å². The second-order valence-electron chi connectivity index (χ2n) is 4.59. The molecule has 0 spiro atoms. The topological polar surface area (TPSA) is 24.9 Å². The Hall–Kier alpha value is -0.890. The van der Waals surface area contributed by atoms with Crippen molar-refractivity contribution in [3.05, 3.63) is 30.1 Å². The van der Waals surface area contributed by atoms with E-state index in [-0.39, 0.29) is 0 Å². The van der Waals surface area contributed by atoms with Crippen molar-refractivity contribution in [2.75, 3.05) is 0 Å². The summed E-state index contributed by atoms with van der Waals surface area (Å²) in [5.41, 5.74) is 1.32. The molecule has 2 heteroatoms. The second kappa shape index (κ2) is 7.39. The minimum atomic E-state index is 0.642. The van der Waals surface area contributed by atoms with Crippen molar-refractivity contribution in [1.29, 1.82) is 0 Å². The van der Waals surface area contributed by atoms with E-state index in [2.05, 4.69) is 43.2 Å². The van der Waals surface area contributed by atoms with Crippen LogP contribution in [0.15, 0.2) is 24.5 Å². The van der Waals surface area contributed by atoms with Crippen LogP contribution in [0.2, 0.25) is 0 Å². The monoisotopic (exact) mass is 220 g/mol. The summed E-state index contributed by atoms with van der Waals surface area (Å²) < 4.78 is 0. The van der Waals surface area contributed by atoms with Gasteiger partial charge in [0.25, 0.3) is 0 Å². The Morgan fingerprint density at radius 1 is 1.19 bits per heavy atom. The molecular weight excluding hydrogens is 196 g/mol. The second-order valence-corrected chi connectivity index (χ2v) is 4.59. The lowest BCUT2D eigenvalue weighted by atomic mass is 9.97. The molecule has 2 atom stereocenters. The third kappa shape index (κ3) is 4.75. The van der Waals surface area contributed by atoms with E-state index in [4.69, 9.17) is 0 Å². The molecule has 0 aliphatic rings. The number of hydrogen-bond donors (Lipinski definition) is 1. The lowest BCUT2D eigenvalue weighted by molar-refractivity contribution is 0.384. The summed E-state index contributed by atoms with van der Waals surface area (Å²) in [5, 5.41) is 3.62. The average molecular weight is 220 g/mol. The Morgan fingerprint density at radius 2 is 1.88 bits per heavy atom. The summed E-state index contributed by atoms with van der Waals surface area (Å²) in [5.74, 6) is 0.815. The number of nitrogens with zero attached hydrogens (tertiary/aromatic N) is 1. The molecule has 0 saturated carbocycles. The smallest absolute Gasteiger partial charge is 0.0271 e. The Kier molecular flexibility index (Phi) is 6.09. The van der Waals surface area contributed by atoms with Gasteiger partial charge in [-0.2, -0.15) is 0 Å². The van der Waals surface area contributed by atoms with Gasteiger partial charge in [0.2, 0.25) is 0 Å². The quantitative estimate of drug-likeness (QED) is 0.762. The number of pyridine rings is 1. The van der Waals surface area contributed by atoms with Crippen LogP contribution in [0.5, 0.6) is 0 Å². The average Bonchev–Trinajstić information content (AvgIpc) is 2.35. The molecule has 1 heterocycles. The standard InChI is InChI=1S/C14H24N2/c1-4-12(3)10-14(5-2)16-11-13-6-8-15-9-7-13/h6-9,12,14,16H,4-5,10-11H2,1-3H3. The van der Waals surface area contributed by atoms with E-state index < -0.39 is 0 Å². The summed E-state index contributed by atoms with van der Waals surface area (Å²) in [6.45, 7) is 7.81. The molecule has 0 radical (unpaired) electrons. The van der Waals surface area contributed by atoms with Crippen LogP contribution in [0.3, 0.4) is 0 Å². The summed E-state index contributed by atoms with van der Waals surface area (Å²) in [7, 11) is 0. The summed E-state index contributed by atoms with van der Waals surface area (Å²) >= 11 is 0. The number of aromatic nitrogens is 1. The van der Waals surface area contributed by atoms with Crippen LogP contribution in [0.25, 0.3) is 0 Å². The van der Waals surface area contributed by atoms with Gasteiger partial charge in [-0.1, -0.05) is 27.2 Å². The molecule has 0 saturated heterocycles. The zero-order valence-electron chi connectivity index (χ0n) is 10.7. The normalized spacial score (nSPS) is 14.7. The SMILES string of the molecule is CCC(C)CC(CC)NCc1ccncc1. The molecule has 16 heavy (non-hydrogen) atoms. The molecule has 0 aliphatic carbocycles. The Morgan fingerprint density at radius 3 is 2.44 bits per heavy atom. The van der Waals surface area contributed by atoms with Crippen LogP contribution >= 0.6 is 0 Å². The largest absolute Gasteiger partial charge is 0.310 e. The van der Waals surface area contributed by atoms with Crippen molar-refractivity contribution in [2.45, 2.75) is 52.6 Å². The van der Waals surface area contributed by atoms with Crippen molar-refractivity contribution >= 4 is 0 Å². The van der Waals surface area contributed by atoms with Crippen molar-refractivity contribution in [3.63, 3.8) is 0 Å². The van der Waals surface area contributed by atoms with Crippen LogP contribution in [0.4, 0.5) is 0 Å². The van der Waals surface area contributed by atoms with Gasteiger partial charge in [0.15, 0.2) is 0 Å².